The zero-order valence-corrected chi connectivity index (χ0v) is 9.55. The lowest BCUT2D eigenvalue weighted by atomic mass is 10.6. The lowest BCUT2D eigenvalue weighted by molar-refractivity contribution is 0.310. The van der Waals surface area contributed by atoms with Crippen LogP contribution in [0.4, 0.5) is 35.2 Å². The van der Waals surface area contributed by atoms with Gasteiger partial charge in [-0.2, -0.15) is 0 Å². The molecule has 0 spiro atoms. The highest BCUT2D eigenvalue weighted by Gasteiger charge is 2.11. The van der Waals surface area contributed by atoms with E-state index in [1.165, 1.54) is 0 Å². The Balaban J connectivity index is 1.72. The van der Waals surface area contributed by atoms with E-state index in [0.717, 1.165) is 0 Å². The average Bonchev–Trinajstić information content (AvgIpc) is 3.02. The van der Waals surface area contributed by atoms with E-state index in [2.05, 4.69) is 60.9 Å². The molecule has 0 saturated heterocycles. The second kappa shape index (κ2) is 4.59. The normalized spacial score (nSPS) is 10.4. The van der Waals surface area contributed by atoms with Crippen LogP contribution in [0.1, 0.15) is 0 Å². The van der Waals surface area contributed by atoms with Crippen LogP contribution in [-0.2, 0) is 0 Å². The Morgan fingerprint density at radius 2 is 1.05 bits per heavy atom. The summed E-state index contributed by atoms with van der Waals surface area (Å²) < 4.78 is 8.78. The molecule has 3 aromatic heterocycles. The Morgan fingerprint density at radius 1 is 0.650 bits per heavy atom. The van der Waals surface area contributed by atoms with Crippen molar-refractivity contribution < 1.29 is 9.26 Å². The highest BCUT2D eigenvalue weighted by Crippen LogP contribution is 2.16. The van der Waals surface area contributed by atoms with E-state index in [4.69, 9.17) is 11.5 Å². The molecule has 0 aliphatic heterocycles. The van der Waals surface area contributed by atoms with Crippen LogP contribution < -0.4 is 22.1 Å². The first-order valence-electron chi connectivity index (χ1n) is 5.00. The molecular formula is C6H6N12O2. The Hall–Kier alpha value is -3.58. The van der Waals surface area contributed by atoms with Crippen molar-refractivity contribution in [1.82, 2.24) is 41.0 Å². The zero-order chi connectivity index (χ0) is 13.9. The summed E-state index contributed by atoms with van der Waals surface area (Å²) in [7, 11) is 0. The van der Waals surface area contributed by atoms with E-state index >= 15 is 0 Å². The highest BCUT2D eigenvalue weighted by atomic mass is 16.6. The van der Waals surface area contributed by atoms with Crippen LogP contribution in [0, 0.1) is 0 Å². The number of nitrogens with two attached hydrogens (primary N) is 2. The standard InChI is InChI=1S/C6H6N12O2/c7-1-3(17-19-15-1)9-5-11-13-6(14-12-5)10-4-2(8)16-20-18-4/h(H2,7,15)(H2,8,16)(H,9,11,12,17)(H,10,13,14,18). The number of anilines is 6. The van der Waals surface area contributed by atoms with Gasteiger partial charge in [-0.1, -0.05) is 0 Å². The largest absolute Gasteiger partial charge is 0.378 e. The first-order valence-corrected chi connectivity index (χ1v) is 5.00. The van der Waals surface area contributed by atoms with Crippen LogP contribution in [0.3, 0.4) is 0 Å². The molecule has 14 nitrogen and oxygen atoms in total. The molecule has 0 aliphatic rings. The molecule has 3 rings (SSSR count). The third-order valence-electron chi connectivity index (χ3n) is 1.97. The van der Waals surface area contributed by atoms with Crippen molar-refractivity contribution >= 4 is 35.2 Å². The average molecular weight is 278 g/mol. The predicted octanol–water partition coefficient (Wildman–Crippen LogP) is -1.32. The number of rotatable bonds is 4. The van der Waals surface area contributed by atoms with Gasteiger partial charge in [0.15, 0.2) is 0 Å². The number of nitrogen functional groups attached to an aromatic ring is 2. The maximum Gasteiger partial charge on any atom is 0.268 e. The van der Waals surface area contributed by atoms with Crippen LogP contribution in [-0.4, -0.2) is 41.0 Å². The molecule has 3 heterocycles. The van der Waals surface area contributed by atoms with Crippen molar-refractivity contribution in [1.29, 1.82) is 0 Å². The molecule has 14 heteroatoms. The fraction of sp³-hybridized carbons (Fsp3) is 0. The summed E-state index contributed by atoms with van der Waals surface area (Å²) in [5.41, 5.74) is 10.9. The summed E-state index contributed by atoms with van der Waals surface area (Å²) in [4.78, 5) is 0. The van der Waals surface area contributed by atoms with Gasteiger partial charge in [0, 0.05) is 0 Å². The van der Waals surface area contributed by atoms with Crippen LogP contribution >= 0.6 is 0 Å². The Bertz CT molecular complexity index is 642. The Morgan fingerprint density at radius 3 is 1.35 bits per heavy atom. The van der Waals surface area contributed by atoms with Gasteiger partial charge >= 0.3 is 0 Å². The van der Waals surface area contributed by atoms with Crippen molar-refractivity contribution in [3.8, 4) is 0 Å². The minimum atomic E-state index is 0.0456. The molecule has 0 unspecified atom stereocenters. The van der Waals surface area contributed by atoms with Crippen molar-refractivity contribution in [2.24, 2.45) is 0 Å². The maximum atomic E-state index is 5.45. The summed E-state index contributed by atoms with van der Waals surface area (Å²) in [6.45, 7) is 0. The molecule has 6 N–H and O–H groups in total. The number of hydrogen-bond acceptors (Lipinski definition) is 14. The van der Waals surface area contributed by atoms with Crippen LogP contribution in [0.5, 0.6) is 0 Å². The smallest absolute Gasteiger partial charge is 0.268 e. The summed E-state index contributed by atoms with van der Waals surface area (Å²) >= 11 is 0. The molecule has 0 bridgehead atoms. The SMILES string of the molecule is Nc1nonc1Nc1nnc(Nc2nonc2N)nn1. The second-order valence-corrected chi connectivity index (χ2v) is 3.29. The van der Waals surface area contributed by atoms with Crippen LogP contribution in [0.15, 0.2) is 9.26 Å². The number of nitrogens with zero attached hydrogens (tertiary/aromatic N) is 8. The topological polar surface area (TPSA) is 206 Å². The molecule has 102 valence electrons. The van der Waals surface area contributed by atoms with Crippen LogP contribution in [0.2, 0.25) is 0 Å². The fourth-order valence-electron chi connectivity index (χ4n) is 1.11. The molecule has 0 atom stereocenters. The molecule has 20 heavy (non-hydrogen) atoms. The van der Waals surface area contributed by atoms with Gasteiger partial charge in [-0.05, 0) is 20.6 Å². The number of hydrogen-bond donors (Lipinski definition) is 4. The molecule has 0 radical (unpaired) electrons. The summed E-state index contributed by atoms with van der Waals surface area (Å²) in [5, 5.41) is 33.8. The molecule has 0 fully saturated rings. The summed E-state index contributed by atoms with van der Waals surface area (Å²) in [5.74, 6) is 0.501. The predicted molar refractivity (Wildman–Crippen MR) is 61.6 cm³/mol. The van der Waals surface area contributed by atoms with E-state index in [1.807, 2.05) is 0 Å². The molecule has 0 amide bonds. The van der Waals surface area contributed by atoms with Crippen molar-refractivity contribution in [2.75, 3.05) is 22.1 Å². The van der Waals surface area contributed by atoms with Crippen molar-refractivity contribution in [3.05, 3.63) is 0 Å². The van der Waals surface area contributed by atoms with E-state index in [1.54, 1.807) is 0 Å². The lowest BCUT2D eigenvalue weighted by Gasteiger charge is -2.00. The van der Waals surface area contributed by atoms with Gasteiger partial charge in [-0.15, -0.1) is 20.4 Å². The van der Waals surface area contributed by atoms with Gasteiger partial charge < -0.3 is 22.1 Å². The Kier molecular flexibility index (Phi) is 2.64. The van der Waals surface area contributed by atoms with Gasteiger partial charge in [-0.3, -0.25) is 0 Å². The third-order valence-corrected chi connectivity index (χ3v) is 1.97. The van der Waals surface area contributed by atoms with Gasteiger partial charge in [0.05, 0.1) is 0 Å². The molecule has 0 aliphatic carbocycles. The summed E-state index contributed by atoms with van der Waals surface area (Å²) in [6.07, 6.45) is 0. The third kappa shape index (κ3) is 2.19. The van der Waals surface area contributed by atoms with Gasteiger partial charge in [-0.25, -0.2) is 9.26 Å². The summed E-state index contributed by atoms with van der Waals surface area (Å²) in [6, 6.07) is 0. The maximum absolute atomic E-state index is 5.45. The highest BCUT2D eigenvalue weighted by molar-refractivity contribution is 5.61. The van der Waals surface area contributed by atoms with E-state index in [9.17, 15) is 0 Å². The quantitative estimate of drug-likeness (QED) is 0.436. The fourth-order valence-corrected chi connectivity index (χ4v) is 1.11. The lowest BCUT2D eigenvalue weighted by Crippen LogP contribution is -2.07. The zero-order valence-electron chi connectivity index (χ0n) is 9.55. The molecule has 0 aromatic carbocycles. The Labute approximate surface area is 108 Å². The minimum absolute atomic E-state index is 0.0456. The monoisotopic (exact) mass is 278 g/mol. The van der Waals surface area contributed by atoms with Gasteiger partial charge in [0.1, 0.15) is 0 Å². The van der Waals surface area contributed by atoms with Crippen molar-refractivity contribution in [2.45, 2.75) is 0 Å². The molecule has 0 saturated carbocycles. The number of nitrogens with one attached hydrogen (secondary N) is 2. The van der Waals surface area contributed by atoms with Crippen molar-refractivity contribution in [3.63, 3.8) is 0 Å². The van der Waals surface area contributed by atoms with E-state index in [-0.39, 0.29) is 35.2 Å². The second-order valence-electron chi connectivity index (χ2n) is 3.29. The molecular weight excluding hydrogens is 272 g/mol. The number of aromatic nitrogens is 8. The molecule has 3 aromatic rings. The first-order chi connectivity index (χ1) is 9.72. The van der Waals surface area contributed by atoms with E-state index in [0.29, 0.717) is 0 Å². The van der Waals surface area contributed by atoms with Gasteiger partial charge in [0.2, 0.25) is 23.3 Å². The van der Waals surface area contributed by atoms with Crippen LogP contribution in [0.25, 0.3) is 0 Å². The first kappa shape index (κ1) is 11.5. The van der Waals surface area contributed by atoms with E-state index < -0.39 is 0 Å². The van der Waals surface area contributed by atoms with Gasteiger partial charge in [0.25, 0.3) is 11.9 Å². The minimum Gasteiger partial charge on any atom is -0.378 e.